The summed E-state index contributed by atoms with van der Waals surface area (Å²) in [6.07, 6.45) is 5.58. The number of aryl methyl sites for hydroxylation is 1. The lowest BCUT2D eigenvalue weighted by Gasteiger charge is -2.29. The van der Waals surface area contributed by atoms with Gasteiger partial charge in [0.25, 0.3) is 0 Å². The Morgan fingerprint density at radius 2 is 2.02 bits per heavy atom. The molecule has 41 heavy (non-hydrogen) atoms. The van der Waals surface area contributed by atoms with Gasteiger partial charge in [-0.15, -0.1) is 0 Å². The van der Waals surface area contributed by atoms with Crippen LogP contribution in [-0.4, -0.2) is 36.1 Å². The molecule has 0 amide bonds. The Morgan fingerprint density at radius 3 is 2.76 bits per heavy atom. The van der Waals surface area contributed by atoms with Crippen LogP contribution in [0.2, 0.25) is 0 Å². The number of benzene rings is 2. The van der Waals surface area contributed by atoms with Crippen molar-refractivity contribution in [3.8, 4) is 0 Å². The normalized spacial score (nSPS) is 17.2. The number of aromatic nitrogens is 1. The SMILES string of the molecule is CCOC(=O)CC(c1ccc(C)c(CN2Cc3cccnc3C3=C([CH]3)[C@H](CC)C2)c1)c1ccc(NC)c(NN)c1C. The van der Waals surface area contributed by atoms with Crippen LogP contribution in [-0.2, 0) is 22.6 Å². The fourth-order valence-corrected chi connectivity index (χ4v) is 6.27. The highest BCUT2D eigenvalue weighted by atomic mass is 16.5. The van der Waals surface area contributed by atoms with Crippen molar-refractivity contribution < 1.29 is 9.53 Å². The van der Waals surface area contributed by atoms with Gasteiger partial charge in [-0.3, -0.25) is 20.5 Å². The van der Waals surface area contributed by atoms with Crippen LogP contribution >= 0.6 is 0 Å². The average molecular weight is 553 g/mol. The number of fused-ring (bicyclic) bond motifs is 2. The van der Waals surface area contributed by atoms with Gasteiger partial charge in [0.1, 0.15) is 0 Å². The zero-order valence-corrected chi connectivity index (χ0v) is 24.9. The summed E-state index contributed by atoms with van der Waals surface area (Å²) in [5, 5.41) is 3.20. The van der Waals surface area contributed by atoms with E-state index in [0.717, 1.165) is 59.8 Å². The summed E-state index contributed by atoms with van der Waals surface area (Å²) in [5.41, 5.74) is 15.5. The van der Waals surface area contributed by atoms with Crippen LogP contribution in [0.5, 0.6) is 0 Å². The van der Waals surface area contributed by atoms with E-state index in [1.165, 1.54) is 27.8 Å². The van der Waals surface area contributed by atoms with Crippen LogP contribution in [0.25, 0.3) is 5.57 Å². The molecule has 7 heteroatoms. The van der Waals surface area contributed by atoms with Gasteiger partial charge in [0.05, 0.1) is 30.1 Å². The Morgan fingerprint density at radius 1 is 1.20 bits per heavy atom. The van der Waals surface area contributed by atoms with Gasteiger partial charge in [0.15, 0.2) is 0 Å². The van der Waals surface area contributed by atoms with Gasteiger partial charge in [-0.25, -0.2) is 0 Å². The number of rotatable bonds is 10. The van der Waals surface area contributed by atoms with Crippen LogP contribution in [0.3, 0.4) is 0 Å². The van der Waals surface area contributed by atoms with Crippen molar-refractivity contribution in [3.63, 3.8) is 0 Å². The lowest BCUT2D eigenvalue weighted by Crippen LogP contribution is -2.30. The molecule has 4 N–H and O–H groups in total. The van der Waals surface area contributed by atoms with Gasteiger partial charge in [-0.05, 0) is 84.2 Å². The number of carbonyl (C=O) groups excluding carboxylic acids is 1. The Hall–Kier alpha value is -3.68. The summed E-state index contributed by atoms with van der Waals surface area (Å²) < 4.78 is 5.42. The molecule has 3 aromatic rings. The van der Waals surface area contributed by atoms with Crippen LogP contribution in [0.4, 0.5) is 11.4 Å². The topological polar surface area (TPSA) is 92.5 Å². The Balaban J connectivity index is 1.50. The number of anilines is 2. The molecule has 7 nitrogen and oxygen atoms in total. The average Bonchev–Trinajstić information content (AvgIpc) is 3.75. The Bertz CT molecular complexity index is 1460. The van der Waals surface area contributed by atoms with Crippen molar-refractivity contribution in [2.45, 2.75) is 59.5 Å². The maximum absolute atomic E-state index is 12.9. The molecule has 1 radical (unpaired) electrons. The molecule has 2 aromatic carbocycles. The monoisotopic (exact) mass is 552 g/mol. The number of nitrogen functional groups attached to an aromatic ring is 1. The zero-order chi connectivity index (χ0) is 29.1. The summed E-state index contributed by atoms with van der Waals surface area (Å²) in [5.74, 6) is 6.07. The summed E-state index contributed by atoms with van der Waals surface area (Å²) >= 11 is 0. The molecule has 0 fully saturated rings. The van der Waals surface area contributed by atoms with E-state index in [1.54, 1.807) is 0 Å². The number of ether oxygens (including phenoxy) is 1. The number of hydrogen-bond acceptors (Lipinski definition) is 7. The first kappa shape index (κ1) is 28.8. The van der Waals surface area contributed by atoms with Gasteiger partial charge in [-0.2, -0.15) is 0 Å². The van der Waals surface area contributed by atoms with E-state index in [1.807, 2.05) is 39.2 Å². The molecular formula is C34H42N5O2. The van der Waals surface area contributed by atoms with Crippen LogP contribution < -0.4 is 16.6 Å². The van der Waals surface area contributed by atoms with Gasteiger partial charge in [-0.1, -0.05) is 42.8 Å². The predicted octanol–water partition coefficient (Wildman–Crippen LogP) is 6.12. The molecule has 2 heterocycles. The van der Waals surface area contributed by atoms with E-state index < -0.39 is 0 Å². The van der Waals surface area contributed by atoms with E-state index in [4.69, 9.17) is 15.6 Å². The highest BCUT2D eigenvalue weighted by molar-refractivity contribution is 5.93. The molecule has 215 valence electrons. The second-order valence-electron chi connectivity index (χ2n) is 11.1. The molecule has 0 bridgehead atoms. The number of pyridine rings is 1. The number of allylic oxidation sites excluding steroid dienone is 1. The first-order valence-electron chi connectivity index (χ1n) is 14.7. The third-order valence-corrected chi connectivity index (χ3v) is 8.62. The third-order valence-electron chi connectivity index (χ3n) is 8.62. The number of esters is 1. The first-order valence-corrected chi connectivity index (χ1v) is 14.7. The smallest absolute Gasteiger partial charge is 0.306 e. The van der Waals surface area contributed by atoms with Crippen molar-refractivity contribution in [3.05, 3.63) is 99.7 Å². The summed E-state index contributed by atoms with van der Waals surface area (Å²) in [4.78, 5) is 20.2. The van der Waals surface area contributed by atoms with Crippen molar-refractivity contribution in [2.24, 2.45) is 11.8 Å². The standard InChI is InChI=1S/C34H42N5O2/c1-6-23-18-39(19-25-9-8-14-37-34(25)30-16-28(23)30)20-26-15-24(11-10-21(26)3)29(17-32(40)41-7-2)27-12-13-31(36-5)33(38-35)22(27)4/h8-16,23,29,36,38H,6-7,17-20,35H2,1-5H3/t23-,29?/m1/s1. The van der Waals surface area contributed by atoms with E-state index in [0.29, 0.717) is 12.5 Å². The summed E-state index contributed by atoms with van der Waals surface area (Å²) in [6.45, 7) is 11.4. The highest BCUT2D eigenvalue weighted by Gasteiger charge is 2.35. The molecular weight excluding hydrogens is 510 g/mol. The minimum atomic E-state index is -0.206. The molecule has 5 rings (SSSR count). The van der Waals surface area contributed by atoms with Crippen LogP contribution in [0.1, 0.15) is 71.7 Å². The first-order chi connectivity index (χ1) is 19.9. The molecule has 1 aliphatic heterocycles. The maximum atomic E-state index is 12.9. The minimum absolute atomic E-state index is 0.166. The summed E-state index contributed by atoms with van der Waals surface area (Å²) in [7, 11) is 1.87. The van der Waals surface area contributed by atoms with E-state index in [9.17, 15) is 4.79 Å². The van der Waals surface area contributed by atoms with Gasteiger partial charge in [0.2, 0.25) is 0 Å². The van der Waals surface area contributed by atoms with Crippen molar-refractivity contribution >= 4 is 22.9 Å². The molecule has 1 aliphatic carbocycles. The maximum Gasteiger partial charge on any atom is 0.306 e. The second-order valence-corrected chi connectivity index (χ2v) is 11.1. The Kier molecular flexibility index (Phi) is 8.76. The number of carbonyl (C=O) groups is 1. The van der Waals surface area contributed by atoms with Crippen molar-refractivity contribution in [1.82, 2.24) is 9.88 Å². The van der Waals surface area contributed by atoms with Crippen molar-refractivity contribution in [2.75, 3.05) is 30.9 Å². The highest BCUT2D eigenvalue weighted by Crippen LogP contribution is 2.47. The van der Waals surface area contributed by atoms with Crippen molar-refractivity contribution in [1.29, 1.82) is 0 Å². The number of hydrogen-bond donors (Lipinski definition) is 3. The molecule has 2 aliphatic rings. The predicted molar refractivity (Wildman–Crippen MR) is 166 cm³/mol. The lowest BCUT2D eigenvalue weighted by molar-refractivity contribution is -0.143. The number of nitrogens with two attached hydrogens (primary N) is 1. The van der Waals surface area contributed by atoms with Crippen LogP contribution in [0.15, 0.2) is 54.2 Å². The molecule has 0 saturated carbocycles. The third kappa shape index (κ3) is 6.02. The molecule has 0 saturated heterocycles. The van der Waals surface area contributed by atoms with E-state index >= 15 is 0 Å². The number of hydrazine groups is 1. The quantitative estimate of drug-likeness (QED) is 0.158. The molecule has 1 aromatic heterocycles. The lowest BCUT2D eigenvalue weighted by atomic mass is 9.84. The number of nitrogens with zero attached hydrogens (tertiary/aromatic N) is 2. The number of nitrogens with one attached hydrogen (secondary N) is 2. The van der Waals surface area contributed by atoms with E-state index in [-0.39, 0.29) is 18.3 Å². The largest absolute Gasteiger partial charge is 0.466 e. The fourth-order valence-electron chi connectivity index (χ4n) is 6.27. The Labute approximate surface area is 244 Å². The zero-order valence-electron chi connectivity index (χ0n) is 24.9. The van der Waals surface area contributed by atoms with Gasteiger partial charge < -0.3 is 15.5 Å². The molecule has 2 atom stereocenters. The van der Waals surface area contributed by atoms with Gasteiger partial charge in [0, 0.05) is 45.2 Å². The fraction of sp³-hybridized carbons (Fsp3) is 0.382. The minimum Gasteiger partial charge on any atom is -0.466 e. The van der Waals surface area contributed by atoms with Gasteiger partial charge >= 0.3 is 5.97 Å². The van der Waals surface area contributed by atoms with E-state index in [2.05, 4.69) is 66.2 Å². The molecule has 1 unspecified atom stereocenters. The summed E-state index contributed by atoms with van der Waals surface area (Å²) in [6, 6.07) is 15.0. The second kappa shape index (κ2) is 12.5. The van der Waals surface area contributed by atoms with Crippen LogP contribution in [0, 0.1) is 26.2 Å². The molecule has 0 spiro atoms.